The molecule has 0 heterocycles. The molecule has 2 heteroatoms. The second-order valence-corrected chi connectivity index (χ2v) is 4.94. The summed E-state index contributed by atoms with van der Waals surface area (Å²) in [6, 6.07) is 0. The van der Waals surface area contributed by atoms with E-state index in [1.807, 2.05) is 7.05 Å². The number of hydrogen-bond donors (Lipinski definition) is 1. The van der Waals surface area contributed by atoms with Crippen LogP contribution in [-0.2, 0) is 4.79 Å². The second-order valence-electron chi connectivity index (χ2n) is 4.94. The van der Waals surface area contributed by atoms with Crippen LogP contribution < -0.4 is 5.32 Å². The normalized spacial score (nSPS) is 23.0. The molecule has 76 valence electrons. The number of ketones is 1. The molecule has 0 unspecified atom stereocenters. The van der Waals surface area contributed by atoms with Gasteiger partial charge in [-0.25, -0.2) is 0 Å². The third-order valence-electron chi connectivity index (χ3n) is 3.15. The van der Waals surface area contributed by atoms with E-state index in [0.717, 1.165) is 12.8 Å². The number of likely N-dealkylation sites (N-methyl/N-ethyl adjacent to an activating group) is 1. The quantitative estimate of drug-likeness (QED) is 0.725. The summed E-state index contributed by atoms with van der Waals surface area (Å²) in [6.07, 6.45) is 4.58. The summed E-state index contributed by atoms with van der Waals surface area (Å²) in [4.78, 5) is 11.5. The van der Waals surface area contributed by atoms with E-state index in [4.69, 9.17) is 0 Å². The lowest BCUT2D eigenvalue weighted by molar-refractivity contribution is -0.123. The van der Waals surface area contributed by atoms with E-state index < -0.39 is 0 Å². The Bertz CT molecular complexity index is 177. The van der Waals surface area contributed by atoms with Crippen molar-refractivity contribution in [3.8, 4) is 0 Å². The molecule has 0 aromatic heterocycles. The highest BCUT2D eigenvalue weighted by Crippen LogP contribution is 2.38. The molecule has 13 heavy (non-hydrogen) atoms. The average molecular weight is 183 g/mol. The SMILES string of the molecule is CNCC(=O)C1CCC(C)(C)CC1. The largest absolute Gasteiger partial charge is 0.313 e. The standard InChI is InChI=1S/C11H21NO/c1-11(2)6-4-9(5-7-11)10(13)8-12-3/h9,12H,4-8H2,1-3H3. The van der Waals surface area contributed by atoms with E-state index in [2.05, 4.69) is 19.2 Å². The molecular weight excluding hydrogens is 162 g/mol. The van der Waals surface area contributed by atoms with Gasteiger partial charge in [0, 0.05) is 5.92 Å². The summed E-state index contributed by atoms with van der Waals surface area (Å²) < 4.78 is 0. The van der Waals surface area contributed by atoms with E-state index in [-0.39, 0.29) is 0 Å². The molecule has 0 atom stereocenters. The van der Waals surface area contributed by atoms with E-state index in [0.29, 0.717) is 23.7 Å². The van der Waals surface area contributed by atoms with Crippen molar-refractivity contribution in [2.75, 3.05) is 13.6 Å². The molecule has 1 aliphatic rings. The number of nitrogens with one attached hydrogen (secondary N) is 1. The van der Waals surface area contributed by atoms with Crippen molar-refractivity contribution in [3.05, 3.63) is 0 Å². The van der Waals surface area contributed by atoms with Crippen LogP contribution in [0.4, 0.5) is 0 Å². The third kappa shape index (κ3) is 3.11. The van der Waals surface area contributed by atoms with Gasteiger partial charge >= 0.3 is 0 Å². The molecule has 0 spiro atoms. The topological polar surface area (TPSA) is 29.1 Å². The van der Waals surface area contributed by atoms with Gasteiger partial charge in [0.25, 0.3) is 0 Å². The predicted octanol–water partition coefficient (Wildman–Crippen LogP) is 1.99. The van der Waals surface area contributed by atoms with Crippen LogP contribution in [0.1, 0.15) is 39.5 Å². The maximum Gasteiger partial charge on any atom is 0.149 e. The first-order valence-electron chi connectivity index (χ1n) is 5.22. The smallest absolute Gasteiger partial charge is 0.149 e. The molecule has 1 aliphatic carbocycles. The average Bonchev–Trinajstić information content (AvgIpc) is 2.04. The Morgan fingerprint density at radius 3 is 2.38 bits per heavy atom. The predicted molar refractivity (Wildman–Crippen MR) is 54.7 cm³/mol. The zero-order chi connectivity index (χ0) is 9.90. The molecule has 0 amide bonds. The summed E-state index contributed by atoms with van der Waals surface area (Å²) in [5.41, 5.74) is 0.469. The van der Waals surface area contributed by atoms with Crippen LogP contribution in [0.15, 0.2) is 0 Å². The van der Waals surface area contributed by atoms with Gasteiger partial charge in [0.05, 0.1) is 6.54 Å². The van der Waals surface area contributed by atoms with Gasteiger partial charge in [-0.05, 0) is 38.1 Å². The first-order chi connectivity index (χ1) is 6.05. The van der Waals surface area contributed by atoms with Gasteiger partial charge in [-0.3, -0.25) is 4.79 Å². The van der Waals surface area contributed by atoms with Gasteiger partial charge in [-0.15, -0.1) is 0 Å². The van der Waals surface area contributed by atoms with Gasteiger partial charge in [-0.2, -0.15) is 0 Å². The molecule has 0 aromatic rings. The fourth-order valence-corrected chi connectivity index (χ4v) is 2.04. The van der Waals surface area contributed by atoms with Crippen LogP contribution in [0.5, 0.6) is 0 Å². The maximum atomic E-state index is 11.5. The molecule has 0 aromatic carbocycles. The molecule has 0 saturated heterocycles. The van der Waals surface area contributed by atoms with Crippen LogP contribution >= 0.6 is 0 Å². The van der Waals surface area contributed by atoms with Crippen molar-refractivity contribution in [2.24, 2.45) is 11.3 Å². The first kappa shape index (κ1) is 10.7. The van der Waals surface area contributed by atoms with Crippen molar-refractivity contribution in [1.29, 1.82) is 0 Å². The van der Waals surface area contributed by atoms with Crippen LogP contribution in [0.3, 0.4) is 0 Å². The molecule has 1 N–H and O–H groups in total. The maximum absolute atomic E-state index is 11.5. The summed E-state index contributed by atoms with van der Waals surface area (Å²) in [5, 5.41) is 2.94. The highest BCUT2D eigenvalue weighted by Gasteiger charge is 2.29. The van der Waals surface area contributed by atoms with Crippen molar-refractivity contribution in [1.82, 2.24) is 5.32 Å². The molecule has 0 bridgehead atoms. The van der Waals surface area contributed by atoms with Gasteiger partial charge < -0.3 is 5.32 Å². The minimum absolute atomic E-state index is 0.334. The third-order valence-corrected chi connectivity index (χ3v) is 3.15. The monoisotopic (exact) mass is 183 g/mol. The summed E-state index contributed by atoms with van der Waals surface area (Å²) in [7, 11) is 1.84. The molecule has 2 nitrogen and oxygen atoms in total. The molecule has 1 rings (SSSR count). The first-order valence-corrected chi connectivity index (χ1v) is 5.22. The van der Waals surface area contributed by atoms with E-state index >= 15 is 0 Å². The van der Waals surface area contributed by atoms with E-state index in [9.17, 15) is 4.79 Å². The van der Waals surface area contributed by atoms with Crippen molar-refractivity contribution < 1.29 is 4.79 Å². The lowest BCUT2D eigenvalue weighted by atomic mass is 9.72. The van der Waals surface area contributed by atoms with Crippen LogP contribution in [-0.4, -0.2) is 19.4 Å². The molecular formula is C11H21NO. The summed E-state index contributed by atoms with van der Waals surface area (Å²) >= 11 is 0. The molecule has 1 saturated carbocycles. The fourth-order valence-electron chi connectivity index (χ4n) is 2.04. The highest BCUT2D eigenvalue weighted by atomic mass is 16.1. The Morgan fingerprint density at radius 2 is 1.92 bits per heavy atom. The summed E-state index contributed by atoms with van der Waals surface area (Å²) in [5.74, 6) is 0.735. The number of carbonyl (C=O) groups excluding carboxylic acids is 1. The molecule has 0 aliphatic heterocycles. The van der Waals surface area contributed by atoms with Crippen molar-refractivity contribution >= 4 is 5.78 Å². The lowest BCUT2D eigenvalue weighted by Gasteiger charge is -2.33. The summed E-state index contributed by atoms with van der Waals surface area (Å²) in [6.45, 7) is 5.14. The minimum atomic E-state index is 0.334. The van der Waals surface area contributed by atoms with Gasteiger partial charge in [0.2, 0.25) is 0 Å². The Morgan fingerprint density at radius 1 is 1.38 bits per heavy atom. The minimum Gasteiger partial charge on any atom is -0.313 e. The lowest BCUT2D eigenvalue weighted by Crippen LogP contribution is -2.31. The van der Waals surface area contributed by atoms with Crippen molar-refractivity contribution in [2.45, 2.75) is 39.5 Å². The van der Waals surface area contributed by atoms with Crippen molar-refractivity contribution in [3.63, 3.8) is 0 Å². The van der Waals surface area contributed by atoms with Gasteiger partial charge in [-0.1, -0.05) is 13.8 Å². The number of carbonyl (C=O) groups is 1. The van der Waals surface area contributed by atoms with Crippen LogP contribution in [0.2, 0.25) is 0 Å². The number of Topliss-reactive ketones (excluding diaryl/α,β-unsaturated/α-hetero) is 1. The van der Waals surface area contributed by atoms with Crippen LogP contribution in [0, 0.1) is 11.3 Å². The van der Waals surface area contributed by atoms with E-state index in [1.165, 1.54) is 12.8 Å². The number of rotatable bonds is 3. The number of hydrogen-bond acceptors (Lipinski definition) is 2. The molecule has 0 radical (unpaired) electrons. The van der Waals surface area contributed by atoms with Gasteiger partial charge in [0.15, 0.2) is 0 Å². The molecule has 1 fully saturated rings. The van der Waals surface area contributed by atoms with Gasteiger partial charge in [0.1, 0.15) is 5.78 Å². The van der Waals surface area contributed by atoms with Crippen LogP contribution in [0.25, 0.3) is 0 Å². The second kappa shape index (κ2) is 4.23. The Balaban J connectivity index is 2.36. The Hall–Kier alpha value is -0.370. The highest BCUT2D eigenvalue weighted by molar-refractivity contribution is 5.82. The zero-order valence-corrected chi connectivity index (χ0v) is 9.02. The Kier molecular flexibility index (Phi) is 3.48. The zero-order valence-electron chi connectivity index (χ0n) is 9.02. The Labute approximate surface area is 81.1 Å². The fraction of sp³-hybridized carbons (Fsp3) is 0.909. The van der Waals surface area contributed by atoms with E-state index in [1.54, 1.807) is 0 Å².